The topological polar surface area (TPSA) is 61.7 Å². The van der Waals surface area contributed by atoms with Gasteiger partial charge in [0.1, 0.15) is 12.4 Å². The quantitative estimate of drug-likeness (QED) is 0.618. The maximum absolute atomic E-state index is 13.6. The van der Waals surface area contributed by atoms with Gasteiger partial charge in [0.25, 0.3) is 0 Å². The average molecular weight is 448 g/mol. The number of aryl methyl sites for hydroxylation is 1. The molecular formula is C26H33N5O2. The Morgan fingerprint density at radius 3 is 2.52 bits per heavy atom. The summed E-state index contributed by atoms with van der Waals surface area (Å²) in [6.07, 6.45) is 1.65. The third kappa shape index (κ3) is 5.09. The van der Waals surface area contributed by atoms with Crippen molar-refractivity contribution in [3.8, 4) is 0 Å². The molecule has 0 aliphatic carbocycles. The summed E-state index contributed by atoms with van der Waals surface area (Å²) in [6, 6.07) is 15.9. The predicted molar refractivity (Wildman–Crippen MR) is 131 cm³/mol. The third-order valence-corrected chi connectivity index (χ3v) is 6.39. The largest absolute Gasteiger partial charge is 0.335 e. The van der Waals surface area contributed by atoms with E-state index in [0.29, 0.717) is 19.6 Å². The number of carbonyl (C=O) groups excluding carboxylic acids is 2. The molecule has 0 saturated heterocycles. The van der Waals surface area contributed by atoms with Crippen LogP contribution < -0.4 is 4.90 Å². The Kier molecular flexibility index (Phi) is 7.08. The van der Waals surface area contributed by atoms with Gasteiger partial charge in [0.05, 0.1) is 11.0 Å². The second-order valence-corrected chi connectivity index (χ2v) is 8.73. The SMILES string of the molecule is CCc1nc2ccccc2n1CC(=O)N1CCN(C)CCCN(C(C)=O)c2ccccc2C1. The summed E-state index contributed by atoms with van der Waals surface area (Å²) in [6.45, 7) is 7.38. The van der Waals surface area contributed by atoms with Crippen LogP contribution in [0.4, 0.5) is 5.69 Å². The molecule has 0 radical (unpaired) electrons. The summed E-state index contributed by atoms with van der Waals surface area (Å²) in [5.74, 6) is 1.01. The molecule has 0 saturated carbocycles. The molecular weight excluding hydrogens is 414 g/mol. The van der Waals surface area contributed by atoms with Gasteiger partial charge in [-0.2, -0.15) is 0 Å². The zero-order valence-electron chi connectivity index (χ0n) is 19.8. The standard InChI is InChI=1S/C26H33N5O2/c1-4-25-27-22-11-6-8-13-24(22)31(25)19-26(33)29-17-16-28(3)14-9-15-30(20(2)32)23-12-7-5-10-21(23)18-29/h5-8,10-13H,4,9,14-19H2,1-3H3. The molecule has 0 fully saturated rings. The normalized spacial score (nSPS) is 15.8. The van der Waals surface area contributed by atoms with Gasteiger partial charge in [-0.1, -0.05) is 37.3 Å². The molecule has 2 heterocycles. The van der Waals surface area contributed by atoms with Crippen molar-refractivity contribution in [3.63, 3.8) is 0 Å². The average Bonchev–Trinajstić information content (AvgIpc) is 3.15. The number of nitrogens with zero attached hydrogens (tertiary/aromatic N) is 5. The smallest absolute Gasteiger partial charge is 0.242 e. The molecule has 1 aromatic heterocycles. The molecule has 3 aromatic rings. The van der Waals surface area contributed by atoms with E-state index in [1.54, 1.807) is 6.92 Å². The minimum atomic E-state index is 0.0275. The summed E-state index contributed by atoms with van der Waals surface area (Å²) in [5.41, 5.74) is 3.80. The van der Waals surface area contributed by atoms with Crippen LogP contribution in [-0.2, 0) is 29.1 Å². The molecule has 0 spiro atoms. The van der Waals surface area contributed by atoms with Gasteiger partial charge >= 0.3 is 0 Å². The van der Waals surface area contributed by atoms with Crippen LogP contribution in [-0.4, -0.2) is 64.4 Å². The highest BCUT2D eigenvalue weighted by atomic mass is 16.2. The Labute approximate surface area is 195 Å². The van der Waals surface area contributed by atoms with Gasteiger partial charge in [-0.25, -0.2) is 4.98 Å². The summed E-state index contributed by atoms with van der Waals surface area (Å²) < 4.78 is 2.04. The number of amides is 2. The molecule has 0 unspecified atom stereocenters. The van der Waals surface area contributed by atoms with Crippen molar-refractivity contribution >= 4 is 28.5 Å². The summed E-state index contributed by atoms with van der Waals surface area (Å²) >= 11 is 0. The molecule has 0 atom stereocenters. The molecule has 33 heavy (non-hydrogen) atoms. The van der Waals surface area contributed by atoms with E-state index in [4.69, 9.17) is 4.98 Å². The first-order chi connectivity index (χ1) is 16.0. The Morgan fingerprint density at radius 1 is 0.970 bits per heavy atom. The maximum atomic E-state index is 13.6. The lowest BCUT2D eigenvalue weighted by Crippen LogP contribution is -2.39. The number of likely N-dealkylation sites (N-methyl/N-ethyl adjacent to an activating group) is 1. The summed E-state index contributed by atoms with van der Waals surface area (Å²) in [7, 11) is 2.07. The summed E-state index contributed by atoms with van der Waals surface area (Å²) in [5, 5.41) is 0. The second-order valence-electron chi connectivity index (χ2n) is 8.73. The van der Waals surface area contributed by atoms with Crippen LogP contribution in [0.5, 0.6) is 0 Å². The zero-order valence-corrected chi connectivity index (χ0v) is 19.8. The molecule has 2 aromatic carbocycles. The fourth-order valence-electron chi connectivity index (χ4n) is 4.56. The van der Waals surface area contributed by atoms with Crippen molar-refractivity contribution in [2.75, 3.05) is 38.1 Å². The molecule has 1 aliphatic rings. The van der Waals surface area contributed by atoms with Crippen molar-refractivity contribution in [1.29, 1.82) is 0 Å². The van der Waals surface area contributed by atoms with Crippen molar-refractivity contribution < 1.29 is 9.59 Å². The number of carbonyl (C=O) groups is 2. The van der Waals surface area contributed by atoms with Crippen LogP contribution in [0.3, 0.4) is 0 Å². The van der Waals surface area contributed by atoms with E-state index >= 15 is 0 Å². The van der Waals surface area contributed by atoms with E-state index in [9.17, 15) is 9.59 Å². The van der Waals surface area contributed by atoms with Gasteiger partial charge in [-0.05, 0) is 43.8 Å². The summed E-state index contributed by atoms with van der Waals surface area (Å²) in [4.78, 5) is 36.8. The van der Waals surface area contributed by atoms with Crippen LogP contribution in [0.1, 0.15) is 31.7 Å². The minimum Gasteiger partial charge on any atom is -0.335 e. The van der Waals surface area contributed by atoms with Crippen LogP contribution in [0.2, 0.25) is 0 Å². The van der Waals surface area contributed by atoms with E-state index in [1.807, 2.05) is 62.9 Å². The van der Waals surface area contributed by atoms with E-state index in [1.165, 1.54) is 0 Å². The number of hydrogen-bond donors (Lipinski definition) is 0. The predicted octanol–water partition coefficient (Wildman–Crippen LogP) is 3.32. The lowest BCUT2D eigenvalue weighted by Gasteiger charge is -2.27. The van der Waals surface area contributed by atoms with Crippen LogP contribution in [0.25, 0.3) is 11.0 Å². The van der Waals surface area contributed by atoms with Crippen molar-refractivity contribution in [3.05, 3.63) is 59.9 Å². The van der Waals surface area contributed by atoms with Crippen molar-refractivity contribution in [2.45, 2.75) is 39.8 Å². The first kappa shape index (κ1) is 23.0. The molecule has 7 nitrogen and oxygen atoms in total. The fourth-order valence-corrected chi connectivity index (χ4v) is 4.56. The van der Waals surface area contributed by atoms with E-state index < -0.39 is 0 Å². The molecule has 0 N–H and O–H groups in total. The molecule has 1 aliphatic heterocycles. The highest BCUT2D eigenvalue weighted by Crippen LogP contribution is 2.24. The number of imidazole rings is 1. The van der Waals surface area contributed by atoms with Gasteiger partial charge in [0.15, 0.2) is 0 Å². The van der Waals surface area contributed by atoms with Gasteiger partial charge in [0.2, 0.25) is 11.8 Å². The highest BCUT2D eigenvalue weighted by molar-refractivity contribution is 5.92. The molecule has 174 valence electrons. The number of anilines is 1. The molecule has 2 amide bonds. The monoisotopic (exact) mass is 447 g/mol. The van der Waals surface area contributed by atoms with Crippen LogP contribution in [0.15, 0.2) is 48.5 Å². The number of rotatable bonds is 3. The highest BCUT2D eigenvalue weighted by Gasteiger charge is 2.22. The van der Waals surface area contributed by atoms with E-state index in [0.717, 1.165) is 54.0 Å². The first-order valence-electron chi connectivity index (χ1n) is 11.7. The Balaban J connectivity index is 1.66. The van der Waals surface area contributed by atoms with Gasteiger partial charge < -0.3 is 19.3 Å². The van der Waals surface area contributed by atoms with E-state index in [-0.39, 0.29) is 18.4 Å². The number of para-hydroxylation sites is 3. The molecule has 7 heteroatoms. The number of fused-ring (bicyclic) bond motifs is 2. The van der Waals surface area contributed by atoms with Gasteiger partial charge in [0, 0.05) is 45.2 Å². The van der Waals surface area contributed by atoms with Crippen LogP contribution >= 0.6 is 0 Å². The first-order valence-corrected chi connectivity index (χ1v) is 11.7. The van der Waals surface area contributed by atoms with Gasteiger partial charge in [-0.3, -0.25) is 9.59 Å². The lowest BCUT2D eigenvalue weighted by atomic mass is 10.1. The minimum absolute atomic E-state index is 0.0275. The van der Waals surface area contributed by atoms with Crippen molar-refractivity contribution in [1.82, 2.24) is 19.4 Å². The lowest BCUT2D eigenvalue weighted by molar-refractivity contribution is -0.132. The molecule has 4 rings (SSSR count). The number of hydrogen-bond acceptors (Lipinski definition) is 4. The van der Waals surface area contributed by atoms with Crippen molar-refractivity contribution in [2.24, 2.45) is 0 Å². The fraction of sp³-hybridized carbons (Fsp3) is 0.423. The third-order valence-electron chi connectivity index (χ3n) is 6.39. The maximum Gasteiger partial charge on any atom is 0.242 e. The van der Waals surface area contributed by atoms with Crippen LogP contribution in [0, 0.1) is 0 Å². The van der Waals surface area contributed by atoms with E-state index in [2.05, 4.69) is 18.9 Å². The Morgan fingerprint density at radius 2 is 1.73 bits per heavy atom. The molecule has 0 bridgehead atoms. The Bertz CT molecular complexity index is 1140. The second kappa shape index (κ2) is 10.2. The zero-order chi connectivity index (χ0) is 23.4. The number of aromatic nitrogens is 2. The Hall–Kier alpha value is -3.19. The number of benzene rings is 2. The van der Waals surface area contributed by atoms with Gasteiger partial charge in [-0.15, -0.1) is 0 Å².